The first-order valence-corrected chi connectivity index (χ1v) is 12.7. The number of carbonyl (C=O) groups excluding carboxylic acids is 5. The molecule has 0 aromatic heterocycles. The van der Waals surface area contributed by atoms with Gasteiger partial charge in [0.2, 0.25) is 0 Å². The monoisotopic (exact) mass is 588 g/mol. The SMILES string of the molecule is C=C(C)C(=O)Oc1cc(OC(=O)C(=C)C)cc(OC(=O)C(C)=C(C)c2cc(OC(=O)C(=C)C)cc(OC(=O)C(=C)C)c2)c1. The molecule has 0 atom stereocenters. The summed E-state index contributed by atoms with van der Waals surface area (Å²) in [5, 5.41) is 0. The van der Waals surface area contributed by atoms with Crippen molar-refractivity contribution in [1.29, 1.82) is 0 Å². The van der Waals surface area contributed by atoms with Crippen molar-refractivity contribution in [2.24, 2.45) is 0 Å². The number of hydrogen-bond acceptors (Lipinski definition) is 10. The van der Waals surface area contributed by atoms with E-state index in [4.69, 9.17) is 23.7 Å². The molecule has 0 unspecified atom stereocenters. The van der Waals surface area contributed by atoms with Crippen molar-refractivity contribution in [3.05, 3.63) is 96.1 Å². The maximum atomic E-state index is 13.2. The number of ether oxygens (including phenoxy) is 5. The predicted molar refractivity (Wildman–Crippen MR) is 159 cm³/mol. The second-order valence-corrected chi connectivity index (χ2v) is 9.65. The van der Waals surface area contributed by atoms with Gasteiger partial charge in [0.25, 0.3) is 0 Å². The normalized spacial score (nSPS) is 10.8. The van der Waals surface area contributed by atoms with Gasteiger partial charge in [-0.15, -0.1) is 0 Å². The maximum Gasteiger partial charge on any atom is 0.339 e. The summed E-state index contributed by atoms with van der Waals surface area (Å²) < 4.78 is 26.6. The molecule has 2 aromatic carbocycles. The number of rotatable bonds is 11. The van der Waals surface area contributed by atoms with Crippen molar-refractivity contribution in [3.63, 3.8) is 0 Å². The van der Waals surface area contributed by atoms with Gasteiger partial charge in [-0.3, -0.25) is 0 Å². The maximum absolute atomic E-state index is 13.2. The summed E-state index contributed by atoms with van der Waals surface area (Å²) in [6.07, 6.45) is 0. The molecule has 0 fully saturated rings. The van der Waals surface area contributed by atoms with Crippen LogP contribution in [0.15, 0.2) is 90.6 Å². The van der Waals surface area contributed by atoms with Crippen LogP contribution in [0, 0.1) is 0 Å². The van der Waals surface area contributed by atoms with E-state index in [-0.39, 0.29) is 56.6 Å². The van der Waals surface area contributed by atoms with Gasteiger partial charge in [0.1, 0.15) is 28.7 Å². The molecular weight excluding hydrogens is 556 g/mol. The fraction of sp³-hybridized carbons (Fsp3) is 0.182. The molecule has 43 heavy (non-hydrogen) atoms. The van der Waals surface area contributed by atoms with Gasteiger partial charge in [-0.25, -0.2) is 24.0 Å². The van der Waals surface area contributed by atoms with E-state index in [1.807, 2.05) is 0 Å². The minimum Gasteiger partial charge on any atom is -0.423 e. The number of carbonyl (C=O) groups is 5. The Morgan fingerprint density at radius 1 is 0.419 bits per heavy atom. The van der Waals surface area contributed by atoms with Crippen LogP contribution >= 0.6 is 0 Å². The van der Waals surface area contributed by atoms with E-state index in [0.717, 1.165) is 0 Å². The van der Waals surface area contributed by atoms with Crippen molar-refractivity contribution in [1.82, 2.24) is 0 Å². The van der Waals surface area contributed by atoms with Gasteiger partial charge in [-0.05, 0) is 64.8 Å². The number of benzene rings is 2. The van der Waals surface area contributed by atoms with Crippen molar-refractivity contribution < 1.29 is 47.7 Å². The predicted octanol–water partition coefficient (Wildman–Crippen LogP) is 6.01. The topological polar surface area (TPSA) is 132 Å². The second-order valence-electron chi connectivity index (χ2n) is 9.65. The molecule has 10 heteroatoms. The van der Waals surface area contributed by atoms with Crippen LogP contribution in [0.4, 0.5) is 0 Å². The van der Waals surface area contributed by atoms with Crippen LogP contribution in [0.3, 0.4) is 0 Å². The molecule has 2 rings (SSSR count). The molecule has 0 saturated heterocycles. The molecular formula is C33H32O10. The van der Waals surface area contributed by atoms with Crippen molar-refractivity contribution in [3.8, 4) is 28.7 Å². The van der Waals surface area contributed by atoms with E-state index in [1.54, 1.807) is 6.92 Å². The van der Waals surface area contributed by atoms with Crippen LogP contribution in [0.1, 0.15) is 47.1 Å². The minimum atomic E-state index is -0.817. The fourth-order valence-corrected chi connectivity index (χ4v) is 2.96. The molecule has 224 valence electrons. The highest BCUT2D eigenvalue weighted by atomic mass is 16.6. The lowest BCUT2D eigenvalue weighted by molar-refractivity contribution is -0.131. The van der Waals surface area contributed by atoms with Crippen LogP contribution in [0.25, 0.3) is 5.57 Å². The van der Waals surface area contributed by atoms with Gasteiger partial charge in [-0.1, -0.05) is 26.3 Å². The largest absolute Gasteiger partial charge is 0.423 e. The summed E-state index contributed by atoms with van der Waals surface area (Å²) >= 11 is 0. The minimum absolute atomic E-state index is 0.0338. The van der Waals surface area contributed by atoms with Crippen molar-refractivity contribution >= 4 is 35.4 Å². The Bertz CT molecular complexity index is 1510. The van der Waals surface area contributed by atoms with Crippen LogP contribution in [-0.2, 0) is 24.0 Å². The Kier molecular flexibility index (Phi) is 11.3. The van der Waals surface area contributed by atoms with Crippen LogP contribution < -0.4 is 23.7 Å². The van der Waals surface area contributed by atoms with Gasteiger partial charge < -0.3 is 23.7 Å². The Morgan fingerprint density at radius 2 is 0.651 bits per heavy atom. The van der Waals surface area contributed by atoms with E-state index >= 15 is 0 Å². The Balaban J connectivity index is 2.51. The van der Waals surface area contributed by atoms with Gasteiger partial charge >= 0.3 is 29.8 Å². The number of esters is 5. The Morgan fingerprint density at radius 3 is 0.907 bits per heavy atom. The zero-order chi connectivity index (χ0) is 32.6. The quantitative estimate of drug-likeness (QED) is 0.175. The number of hydrogen-bond donors (Lipinski definition) is 0. The second kappa shape index (κ2) is 14.4. The van der Waals surface area contributed by atoms with E-state index in [0.29, 0.717) is 11.1 Å². The fourth-order valence-electron chi connectivity index (χ4n) is 2.96. The highest BCUT2D eigenvalue weighted by Crippen LogP contribution is 2.32. The summed E-state index contributed by atoms with van der Waals surface area (Å²) in [6.45, 7) is 23.1. The third-order valence-electron chi connectivity index (χ3n) is 5.48. The molecule has 0 radical (unpaired) electrons. The zero-order valence-electron chi connectivity index (χ0n) is 24.9. The van der Waals surface area contributed by atoms with E-state index < -0.39 is 29.8 Å². The number of allylic oxidation sites excluding steroid dienone is 1. The molecule has 0 aliphatic heterocycles. The first-order valence-electron chi connectivity index (χ1n) is 12.7. The summed E-state index contributed by atoms with van der Waals surface area (Å²) in [5.74, 6) is -3.90. The van der Waals surface area contributed by atoms with Crippen molar-refractivity contribution in [2.75, 3.05) is 0 Å². The van der Waals surface area contributed by atoms with Crippen molar-refractivity contribution in [2.45, 2.75) is 41.5 Å². The lowest BCUT2D eigenvalue weighted by Crippen LogP contribution is -2.13. The van der Waals surface area contributed by atoms with Gasteiger partial charge in [-0.2, -0.15) is 0 Å². The van der Waals surface area contributed by atoms with Gasteiger partial charge in [0.15, 0.2) is 0 Å². The molecule has 0 N–H and O–H groups in total. The Hall–Kier alpha value is -5.51. The lowest BCUT2D eigenvalue weighted by atomic mass is 10.0. The lowest BCUT2D eigenvalue weighted by Gasteiger charge is -2.14. The van der Waals surface area contributed by atoms with E-state index in [2.05, 4.69) is 26.3 Å². The standard InChI is InChI=1S/C33H32O10/c1-17(2)29(34)39-24-11-23(12-25(13-24)40-30(35)18(3)4)21(9)22(10)33(38)43-28-15-26(41-31(36)19(5)6)14-27(16-28)42-32(37)20(7)8/h11-16H,1,3,5,7H2,2,4,6,8-10H3. The first-order chi connectivity index (χ1) is 20.0. The third-order valence-corrected chi connectivity index (χ3v) is 5.48. The van der Waals surface area contributed by atoms with Crippen LogP contribution in [-0.4, -0.2) is 29.8 Å². The first kappa shape index (κ1) is 33.7. The van der Waals surface area contributed by atoms with E-state index in [9.17, 15) is 24.0 Å². The Labute approximate surface area is 249 Å². The summed E-state index contributed by atoms with van der Waals surface area (Å²) in [5.41, 5.74) is 1.37. The van der Waals surface area contributed by atoms with E-state index in [1.165, 1.54) is 71.0 Å². The molecule has 0 bridgehead atoms. The molecule has 0 saturated carbocycles. The molecule has 10 nitrogen and oxygen atoms in total. The highest BCUT2D eigenvalue weighted by Gasteiger charge is 2.19. The molecule has 0 amide bonds. The molecule has 2 aromatic rings. The smallest absolute Gasteiger partial charge is 0.339 e. The summed E-state index contributed by atoms with van der Waals surface area (Å²) in [6, 6.07) is 8.05. The molecule has 0 spiro atoms. The molecule has 0 heterocycles. The highest BCUT2D eigenvalue weighted by molar-refractivity contribution is 5.98. The summed E-state index contributed by atoms with van der Waals surface area (Å²) in [4.78, 5) is 61.6. The average molecular weight is 589 g/mol. The average Bonchev–Trinajstić information content (AvgIpc) is 2.91. The van der Waals surface area contributed by atoms with Gasteiger partial charge in [0, 0.05) is 52.1 Å². The summed E-state index contributed by atoms with van der Waals surface area (Å²) in [7, 11) is 0. The zero-order valence-corrected chi connectivity index (χ0v) is 24.9. The molecule has 0 aliphatic rings. The van der Waals surface area contributed by atoms with Gasteiger partial charge in [0.05, 0.1) is 0 Å². The van der Waals surface area contributed by atoms with Crippen LogP contribution in [0.2, 0.25) is 0 Å². The third kappa shape index (κ3) is 9.82. The molecule has 0 aliphatic carbocycles. The van der Waals surface area contributed by atoms with Crippen LogP contribution in [0.5, 0.6) is 28.7 Å².